The van der Waals surface area contributed by atoms with Crippen LogP contribution in [0, 0.1) is 0 Å². The zero-order valence-corrected chi connectivity index (χ0v) is 10.9. The minimum absolute atomic E-state index is 0.500. The molecule has 1 N–H and O–H groups in total. The number of aromatic nitrogens is 1. The quantitative estimate of drug-likeness (QED) is 0.924. The minimum atomic E-state index is 0.500. The van der Waals surface area contributed by atoms with E-state index in [1.807, 2.05) is 24.3 Å². The zero-order valence-electron chi connectivity index (χ0n) is 9.32. The van der Waals surface area contributed by atoms with E-state index in [-0.39, 0.29) is 0 Å². The molecule has 0 bridgehead atoms. The van der Waals surface area contributed by atoms with Crippen molar-refractivity contribution in [2.24, 2.45) is 0 Å². The Kier molecular flexibility index (Phi) is 2.99. The highest BCUT2D eigenvalue weighted by Crippen LogP contribution is 2.27. The Bertz CT molecular complexity index is 518. The smallest absolute Gasteiger partial charge is 0.226 e. The lowest BCUT2D eigenvalue weighted by Crippen LogP contribution is -2.08. The highest BCUT2D eigenvalue weighted by Gasteiger charge is 2.20. The Balaban J connectivity index is 1.89. The van der Waals surface area contributed by atoms with Crippen LogP contribution in [0.1, 0.15) is 18.0 Å². The van der Waals surface area contributed by atoms with E-state index in [0.29, 0.717) is 11.8 Å². The van der Waals surface area contributed by atoms with Crippen LogP contribution in [-0.2, 0) is 0 Å². The van der Waals surface area contributed by atoms with Gasteiger partial charge in [0.2, 0.25) is 5.89 Å². The van der Waals surface area contributed by atoms with E-state index in [4.69, 9.17) is 4.42 Å². The highest BCUT2D eigenvalue weighted by molar-refractivity contribution is 9.10. The van der Waals surface area contributed by atoms with Gasteiger partial charge in [-0.3, -0.25) is 0 Å². The molecule has 1 aliphatic rings. The fourth-order valence-electron chi connectivity index (χ4n) is 2.13. The third-order valence-electron chi connectivity index (χ3n) is 3.07. The average molecular weight is 293 g/mol. The minimum Gasteiger partial charge on any atom is -0.444 e. The van der Waals surface area contributed by atoms with Gasteiger partial charge < -0.3 is 9.73 Å². The third-order valence-corrected chi connectivity index (χ3v) is 3.57. The van der Waals surface area contributed by atoms with Crippen molar-refractivity contribution in [3.63, 3.8) is 0 Å². The van der Waals surface area contributed by atoms with Crippen LogP contribution in [0.15, 0.2) is 39.4 Å². The number of rotatable bonds is 2. The molecule has 4 heteroatoms. The predicted molar refractivity (Wildman–Crippen MR) is 69.9 cm³/mol. The monoisotopic (exact) mass is 292 g/mol. The van der Waals surface area contributed by atoms with E-state index >= 15 is 0 Å². The number of hydrogen-bond acceptors (Lipinski definition) is 3. The Morgan fingerprint density at radius 3 is 3.12 bits per heavy atom. The van der Waals surface area contributed by atoms with Gasteiger partial charge in [0.1, 0.15) is 6.26 Å². The first-order valence-corrected chi connectivity index (χ1v) is 6.54. The average Bonchev–Trinajstić information content (AvgIpc) is 3.00. The molecule has 1 fully saturated rings. The second kappa shape index (κ2) is 4.63. The first-order chi connectivity index (χ1) is 8.33. The summed E-state index contributed by atoms with van der Waals surface area (Å²) in [5.74, 6) is 1.20. The molecule has 0 amide bonds. The number of benzene rings is 1. The lowest BCUT2D eigenvalue weighted by atomic mass is 10.1. The van der Waals surface area contributed by atoms with E-state index in [1.54, 1.807) is 6.26 Å². The van der Waals surface area contributed by atoms with Crippen molar-refractivity contribution >= 4 is 15.9 Å². The largest absolute Gasteiger partial charge is 0.444 e. The topological polar surface area (TPSA) is 38.1 Å². The number of nitrogens with zero attached hydrogens (tertiary/aromatic N) is 1. The molecule has 1 atom stereocenters. The number of nitrogens with one attached hydrogen (secondary N) is 1. The predicted octanol–water partition coefficient (Wildman–Crippen LogP) is 3.18. The summed E-state index contributed by atoms with van der Waals surface area (Å²) in [5, 5.41) is 3.34. The summed E-state index contributed by atoms with van der Waals surface area (Å²) < 4.78 is 6.60. The van der Waals surface area contributed by atoms with Crippen LogP contribution in [0.4, 0.5) is 0 Å². The Morgan fingerprint density at radius 2 is 2.35 bits per heavy atom. The van der Waals surface area contributed by atoms with Crippen molar-refractivity contribution in [3.05, 3.63) is 40.7 Å². The maximum Gasteiger partial charge on any atom is 0.226 e. The maximum atomic E-state index is 5.56. The molecule has 88 valence electrons. The number of hydrogen-bond donors (Lipinski definition) is 1. The number of oxazole rings is 1. The van der Waals surface area contributed by atoms with Gasteiger partial charge in [-0.15, -0.1) is 0 Å². The molecule has 1 aromatic heterocycles. The summed E-state index contributed by atoms with van der Waals surface area (Å²) in [7, 11) is 0. The van der Waals surface area contributed by atoms with Crippen molar-refractivity contribution in [2.75, 3.05) is 13.1 Å². The van der Waals surface area contributed by atoms with E-state index in [2.05, 4.69) is 26.2 Å². The van der Waals surface area contributed by atoms with Crippen LogP contribution in [0.2, 0.25) is 0 Å². The normalized spacial score (nSPS) is 19.7. The van der Waals surface area contributed by atoms with Crippen LogP contribution in [0.5, 0.6) is 0 Å². The van der Waals surface area contributed by atoms with Gasteiger partial charge in [-0.2, -0.15) is 0 Å². The van der Waals surface area contributed by atoms with Crippen molar-refractivity contribution in [1.82, 2.24) is 10.3 Å². The fraction of sp³-hybridized carbons (Fsp3) is 0.308. The lowest BCUT2D eigenvalue weighted by molar-refractivity contribution is 0.570. The standard InChI is InChI=1S/C13H13BrN2O/c14-11-3-1-2-9(6-11)13-16-12(8-17-13)10-4-5-15-7-10/h1-3,6,8,10,15H,4-5,7H2. The molecule has 2 aromatic rings. The second-order valence-electron chi connectivity index (χ2n) is 4.28. The lowest BCUT2D eigenvalue weighted by Gasteiger charge is -2.01. The third kappa shape index (κ3) is 2.28. The number of halogens is 1. The van der Waals surface area contributed by atoms with E-state index < -0.39 is 0 Å². The molecule has 3 rings (SSSR count). The zero-order chi connectivity index (χ0) is 11.7. The molecular formula is C13H13BrN2O. The summed E-state index contributed by atoms with van der Waals surface area (Å²) in [5.41, 5.74) is 2.07. The molecule has 1 aliphatic heterocycles. The summed E-state index contributed by atoms with van der Waals surface area (Å²) in [6.45, 7) is 2.08. The van der Waals surface area contributed by atoms with E-state index in [1.165, 1.54) is 0 Å². The molecule has 0 aliphatic carbocycles. The summed E-state index contributed by atoms with van der Waals surface area (Å²) in [6, 6.07) is 8.00. The van der Waals surface area contributed by atoms with Crippen LogP contribution < -0.4 is 5.32 Å². The highest BCUT2D eigenvalue weighted by atomic mass is 79.9. The van der Waals surface area contributed by atoms with Crippen LogP contribution in [-0.4, -0.2) is 18.1 Å². The molecule has 17 heavy (non-hydrogen) atoms. The SMILES string of the molecule is Brc1cccc(-c2nc(C3CCNC3)co2)c1. The van der Waals surface area contributed by atoms with E-state index in [9.17, 15) is 0 Å². The van der Waals surface area contributed by atoms with Gasteiger partial charge in [-0.1, -0.05) is 22.0 Å². The fourth-order valence-corrected chi connectivity index (χ4v) is 2.53. The second-order valence-corrected chi connectivity index (χ2v) is 5.19. The van der Waals surface area contributed by atoms with Crippen LogP contribution in [0.3, 0.4) is 0 Å². The molecule has 0 saturated carbocycles. The van der Waals surface area contributed by atoms with Crippen molar-refractivity contribution in [1.29, 1.82) is 0 Å². The molecule has 0 spiro atoms. The van der Waals surface area contributed by atoms with Crippen LogP contribution >= 0.6 is 15.9 Å². The Morgan fingerprint density at radius 1 is 1.41 bits per heavy atom. The van der Waals surface area contributed by atoms with Crippen molar-refractivity contribution in [2.45, 2.75) is 12.3 Å². The Hall–Kier alpha value is -1.13. The molecular weight excluding hydrogens is 280 g/mol. The van der Waals surface area contributed by atoms with Gasteiger partial charge >= 0.3 is 0 Å². The van der Waals surface area contributed by atoms with Gasteiger partial charge in [0.25, 0.3) is 0 Å². The molecule has 1 aromatic carbocycles. The molecule has 1 saturated heterocycles. The molecule has 2 heterocycles. The van der Waals surface area contributed by atoms with Gasteiger partial charge in [-0.05, 0) is 31.2 Å². The first-order valence-electron chi connectivity index (χ1n) is 5.75. The van der Waals surface area contributed by atoms with E-state index in [0.717, 1.165) is 35.2 Å². The van der Waals surface area contributed by atoms with Gasteiger partial charge in [0, 0.05) is 22.5 Å². The summed E-state index contributed by atoms with van der Waals surface area (Å²) in [6.07, 6.45) is 2.93. The van der Waals surface area contributed by atoms with Gasteiger partial charge in [-0.25, -0.2) is 4.98 Å². The summed E-state index contributed by atoms with van der Waals surface area (Å²) in [4.78, 5) is 4.58. The van der Waals surface area contributed by atoms with Crippen molar-refractivity contribution in [3.8, 4) is 11.5 Å². The van der Waals surface area contributed by atoms with Gasteiger partial charge in [0.05, 0.1) is 5.69 Å². The maximum absolute atomic E-state index is 5.56. The first kappa shape index (κ1) is 11.0. The summed E-state index contributed by atoms with van der Waals surface area (Å²) >= 11 is 3.45. The molecule has 0 radical (unpaired) electrons. The Labute approximate surface area is 108 Å². The van der Waals surface area contributed by atoms with Crippen LogP contribution in [0.25, 0.3) is 11.5 Å². The van der Waals surface area contributed by atoms with Crippen molar-refractivity contribution < 1.29 is 4.42 Å². The molecule has 1 unspecified atom stereocenters. The van der Waals surface area contributed by atoms with Gasteiger partial charge in [0.15, 0.2) is 0 Å². The molecule has 3 nitrogen and oxygen atoms in total.